The van der Waals surface area contributed by atoms with Gasteiger partial charge in [0.05, 0.1) is 22.3 Å². The van der Waals surface area contributed by atoms with E-state index in [1.165, 1.54) is 23.5 Å². The Balaban J connectivity index is 1.79. The number of amides is 1. The zero-order valence-corrected chi connectivity index (χ0v) is 18.7. The van der Waals surface area contributed by atoms with E-state index in [0.29, 0.717) is 34.5 Å². The van der Waals surface area contributed by atoms with Crippen LogP contribution in [0.3, 0.4) is 0 Å². The van der Waals surface area contributed by atoms with Crippen LogP contribution < -0.4 is 10.2 Å². The summed E-state index contributed by atoms with van der Waals surface area (Å²) < 4.78 is 13.8. The highest BCUT2D eigenvalue weighted by Gasteiger charge is 2.43. The number of fused-ring (bicyclic) bond motifs is 1. The molecule has 0 saturated carbocycles. The minimum atomic E-state index is -0.653. The van der Waals surface area contributed by atoms with Crippen molar-refractivity contribution in [3.05, 3.63) is 93.6 Å². The summed E-state index contributed by atoms with van der Waals surface area (Å²) in [6, 6.07) is 16.7. The van der Waals surface area contributed by atoms with Gasteiger partial charge in [-0.2, -0.15) is 0 Å². The first-order valence-corrected chi connectivity index (χ1v) is 11.5. The molecule has 3 aromatic rings. The van der Waals surface area contributed by atoms with Gasteiger partial charge in [0.25, 0.3) is 5.91 Å². The molecular weight excluding hydrogens is 423 g/mol. The number of hydrogen-bond donors (Lipinski definition) is 1. The number of ketones is 1. The number of Topliss-reactive ketones (excluding diaryl/α,β-unsaturated/α-hetero) is 1. The molecule has 2 aromatic carbocycles. The van der Waals surface area contributed by atoms with E-state index in [1.54, 1.807) is 23.1 Å². The van der Waals surface area contributed by atoms with Crippen molar-refractivity contribution in [1.29, 1.82) is 0 Å². The quantitative estimate of drug-likeness (QED) is 0.499. The van der Waals surface area contributed by atoms with Crippen molar-refractivity contribution >= 4 is 34.4 Å². The Kier molecular flexibility index (Phi) is 4.97. The van der Waals surface area contributed by atoms with Crippen molar-refractivity contribution in [2.45, 2.75) is 32.7 Å². The van der Waals surface area contributed by atoms with Gasteiger partial charge in [-0.05, 0) is 53.1 Å². The second-order valence-electron chi connectivity index (χ2n) is 9.08. The number of carbonyl (C=O) groups is 2. The van der Waals surface area contributed by atoms with E-state index in [4.69, 9.17) is 0 Å². The molecule has 2 heterocycles. The highest BCUT2D eigenvalue weighted by atomic mass is 32.1. The SMILES string of the molecule is CC1(C)CC(=O)C2=C(C1)Nc1ccccc1N(C(=O)c1cccs1)[C@H]2c1ccc(F)cc1. The molecule has 32 heavy (non-hydrogen) atoms. The van der Waals surface area contributed by atoms with Crippen molar-refractivity contribution in [1.82, 2.24) is 0 Å². The molecule has 0 saturated heterocycles. The van der Waals surface area contributed by atoms with Crippen molar-refractivity contribution in [3.63, 3.8) is 0 Å². The lowest BCUT2D eigenvalue weighted by molar-refractivity contribution is -0.118. The number of benzene rings is 2. The third-order valence-corrected chi connectivity index (χ3v) is 6.90. The summed E-state index contributed by atoms with van der Waals surface area (Å²) in [5.41, 5.74) is 3.39. The van der Waals surface area contributed by atoms with Crippen LogP contribution in [0.1, 0.15) is 48.0 Å². The summed E-state index contributed by atoms with van der Waals surface area (Å²) in [6.07, 6.45) is 1.07. The van der Waals surface area contributed by atoms with Crippen LogP contribution in [0, 0.1) is 11.2 Å². The summed E-state index contributed by atoms with van der Waals surface area (Å²) in [5.74, 6) is -0.535. The third-order valence-electron chi connectivity index (χ3n) is 6.04. The van der Waals surface area contributed by atoms with Crippen LogP contribution in [0.2, 0.25) is 0 Å². The Morgan fingerprint density at radius 1 is 1.06 bits per heavy atom. The fourth-order valence-electron chi connectivity index (χ4n) is 4.69. The number of carbonyl (C=O) groups excluding carboxylic acids is 2. The largest absolute Gasteiger partial charge is 0.357 e. The number of halogens is 1. The van der Waals surface area contributed by atoms with Crippen LogP contribution in [-0.4, -0.2) is 11.7 Å². The van der Waals surface area contributed by atoms with Gasteiger partial charge in [-0.1, -0.05) is 44.2 Å². The second-order valence-corrected chi connectivity index (χ2v) is 10.0. The Bertz CT molecular complexity index is 1230. The molecule has 1 N–H and O–H groups in total. The summed E-state index contributed by atoms with van der Waals surface area (Å²) in [7, 11) is 0. The van der Waals surface area contributed by atoms with E-state index < -0.39 is 6.04 Å². The average Bonchev–Trinajstić information content (AvgIpc) is 3.23. The maximum absolute atomic E-state index is 13.8. The Morgan fingerprint density at radius 3 is 2.53 bits per heavy atom. The summed E-state index contributed by atoms with van der Waals surface area (Å²) >= 11 is 1.36. The van der Waals surface area contributed by atoms with Crippen LogP contribution in [0.5, 0.6) is 0 Å². The Labute approximate surface area is 190 Å². The predicted molar refractivity (Wildman–Crippen MR) is 125 cm³/mol. The van der Waals surface area contributed by atoms with Crippen molar-refractivity contribution < 1.29 is 14.0 Å². The first-order chi connectivity index (χ1) is 15.3. The number of anilines is 2. The molecule has 4 nitrogen and oxygen atoms in total. The van der Waals surface area contributed by atoms with Crippen molar-refractivity contribution in [2.75, 3.05) is 10.2 Å². The minimum absolute atomic E-state index is 0.00913. The van der Waals surface area contributed by atoms with Crippen LogP contribution >= 0.6 is 11.3 Å². The number of rotatable bonds is 2. The normalized spacial score (nSPS) is 19.7. The van der Waals surface area contributed by atoms with E-state index in [2.05, 4.69) is 19.2 Å². The molecule has 1 amide bonds. The molecule has 0 spiro atoms. The number of para-hydroxylation sites is 2. The molecule has 0 fully saturated rings. The van der Waals surface area contributed by atoms with Crippen LogP contribution in [0.25, 0.3) is 0 Å². The molecule has 162 valence electrons. The lowest BCUT2D eigenvalue weighted by Gasteiger charge is -2.37. The topological polar surface area (TPSA) is 49.4 Å². The predicted octanol–water partition coefficient (Wildman–Crippen LogP) is 6.34. The van der Waals surface area contributed by atoms with Crippen LogP contribution in [0.15, 0.2) is 77.3 Å². The van der Waals surface area contributed by atoms with Gasteiger partial charge in [0.2, 0.25) is 0 Å². The van der Waals surface area contributed by atoms with Gasteiger partial charge in [-0.25, -0.2) is 4.39 Å². The number of allylic oxidation sites excluding steroid dienone is 1. The van der Waals surface area contributed by atoms with E-state index >= 15 is 0 Å². The zero-order valence-electron chi connectivity index (χ0n) is 17.9. The number of hydrogen-bond acceptors (Lipinski definition) is 4. The molecule has 1 aliphatic heterocycles. The van der Waals surface area contributed by atoms with E-state index in [-0.39, 0.29) is 22.9 Å². The van der Waals surface area contributed by atoms with Crippen LogP contribution in [0.4, 0.5) is 15.8 Å². The van der Waals surface area contributed by atoms with Gasteiger partial charge in [-0.3, -0.25) is 14.5 Å². The number of nitrogens with zero attached hydrogens (tertiary/aromatic N) is 1. The lowest BCUT2D eigenvalue weighted by Crippen LogP contribution is -2.39. The molecular formula is C26H23FN2O2S. The number of thiophene rings is 1. The third kappa shape index (κ3) is 3.54. The van der Waals surface area contributed by atoms with E-state index in [0.717, 1.165) is 11.4 Å². The second kappa shape index (κ2) is 7.71. The fraction of sp³-hybridized carbons (Fsp3) is 0.231. The minimum Gasteiger partial charge on any atom is -0.357 e. The molecule has 2 aliphatic rings. The lowest BCUT2D eigenvalue weighted by atomic mass is 9.73. The summed E-state index contributed by atoms with van der Waals surface area (Å²) in [5, 5.41) is 5.35. The number of nitrogens with one attached hydrogen (secondary N) is 1. The van der Waals surface area contributed by atoms with Gasteiger partial charge in [-0.15, -0.1) is 11.3 Å². The van der Waals surface area contributed by atoms with Gasteiger partial charge in [0.15, 0.2) is 5.78 Å². The van der Waals surface area contributed by atoms with Gasteiger partial charge in [0.1, 0.15) is 5.82 Å². The Morgan fingerprint density at radius 2 is 1.81 bits per heavy atom. The van der Waals surface area contributed by atoms with E-state index in [9.17, 15) is 14.0 Å². The molecule has 1 aliphatic carbocycles. The van der Waals surface area contributed by atoms with Crippen molar-refractivity contribution in [2.24, 2.45) is 5.41 Å². The highest BCUT2D eigenvalue weighted by Crippen LogP contribution is 2.48. The monoisotopic (exact) mass is 446 g/mol. The molecule has 0 bridgehead atoms. The molecule has 0 radical (unpaired) electrons. The van der Waals surface area contributed by atoms with Crippen LogP contribution in [-0.2, 0) is 4.79 Å². The highest BCUT2D eigenvalue weighted by molar-refractivity contribution is 7.12. The Hall–Kier alpha value is -3.25. The van der Waals surface area contributed by atoms with Gasteiger partial charge >= 0.3 is 0 Å². The average molecular weight is 447 g/mol. The molecule has 6 heteroatoms. The fourth-order valence-corrected chi connectivity index (χ4v) is 5.35. The standard InChI is InChI=1S/C26H23FN2O2S/c1-26(2)14-19-23(21(30)15-26)24(16-9-11-17(27)12-10-16)29(25(31)22-8-5-13-32-22)20-7-4-3-6-18(20)28-19/h3-13,24,28H,14-15H2,1-2H3/t24-/m0/s1. The van der Waals surface area contributed by atoms with Gasteiger partial charge < -0.3 is 5.32 Å². The first-order valence-electron chi connectivity index (χ1n) is 10.6. The maximum atomic E-state index is 13.8. The van der Waals surface area contributed by atoms with E-state index in [1.807, 2.05) is 35.7 Å². The van der Waals surface area contributed by atoms with Crippen molar-refractivity contribution in [3.8, 4) is 0 Å². The molecule has 1 atom stereocenters. The summed E-state index contributed by atoms with van der Waals surface area (Å²) in [4.78, 5) is 29.7. The smallest absolute Gasteiger partial charge is 0.269 e. The first kappa shape index (κ1) is 20.6. The van der Waals surface area contributed by atoms with Gasteiger partial charge in [0, 0.05) is 17.7 Å². The molecule has 0 unspecified atom stereocenters. The zero-order chi connectivity index (χ0) is 22.5. The molecule has 1 aromatic heterocycles. The summed E-state index contributed by atoms with van der Waals surface area (Å²) in [6.45, 7) is 4.16. The molecule has 5 rings (SSSR count). The maximum Gasteiger partial charge on any atom is 0.269 e.